The first kappa shape index (κ1) is 13.0. The molecule has 2 N–H and O–H groups in total. The molecule has 0 spiro atoms. The molecule has 1 aliphatic rings. The van der Waals surface area contributed by atoms with Crippen molar-refractivity contribution in [1.29, 1.82) is 0 Å². The summed E-state index contributed by atoms with van der Waals surface area (Å²) in [5.74, 6) is 0. The van der Waals surface area contributed by atoms with Gasteiger partial charge in [0.1, 0.15) is 0 Å². The van der Waals surface area contributed by atoms with Gasteiger partial charge in [-0.25, -0.2) is 0 Å². The maximum atomic E-state index is 9.43. The fourth-order valence-corrected chi connectivity index (χ4v) is 0.510. The summed E-state index contributed by atoms with van der Waals surface area (Å²) in [7, 11) is 3.38. The number of rotatable bonds is 1. The Morgan fingerprint density at radius 3 is 1.73 bits per heavy atom. The van der Waals surface area contributed by atoms with Crippen molar-refractivity contribution in [2.75, 3.05) is 27.3 Å². The number of nitrogens with zero attached hydrogens (tertiary/aromatic N) is 1. The molecule has 0 atom stereocenters. The van der Waals surface area contributed by atoms with Crippen LogP contribution in [0, 0.1) is 0 Å². The van der Waals surface area contributed by atoms with Crippen LogP contribution in [0.15, 0.2) is 0 Å². The van der Waals surface area contributed by atoms with E-state index in [1.165, 1.54) is 17.7 Å². The molecular weight excluding hydrogens is 146 g/mol. The highest BCUT2D eigenvalue weighted by atomic mass is 16.5. The predicted molar refractivity (Wildman–Crippen MR) is 43.4 cm³/mol. The van der Waals surface area contributed by atoms with E-state index in [1.54, 1.807) is 14.1 Å². The minimum absolute atomic E-state index is 0. The van der Waals surface area contributed by atoms with E-state index in [0.717, 1.165) is 19.6 Å². The number of amides is 1. The van der Waals surface area contributed by atoms with Gasteiger partial charge in [-0.1, -0.05) is 0 Å². The van der Waals surface area contributed by atoms with Crippen molar-refractivity contribution in [3.8, 4) is 0 Å². The van der Waals surface area contributed by atoms with Gasteiger partial charge < -0.3 is 15.1 Å². The van der Waals surface area contributed by atoms with Crippen molar-refractivity contribution in [2.45, 2.75) is 12.8 Å². The van der Waals surface area contributed by atoms with E-state index in [2.05, 4.69) is 0 Å². The van der Waals surface area contributed by atoms with Crippen LogP contribution in [0.3, 0.4) is 0 Å². The van der Waals surface area contributed by atoms with Crippen LogP contribution >= 0.6 is 0 Å². The standard InChI is InChI=1S/C4H8O.C3H7NO.H2O/c1-2-4-5-3-1;1-4(2)3-5;/h1-4H2;3H,1-2H3;1H2. The highest BCUT2D eigenvalue weighted by Gasteiger charge is 1.94. The van der Waals surface area contributed by atoms with Crippen LogP contribution in [0.4, 0.5) is 0 Å². The molecule has 0 aliphatic carbocycles. The molecule has 0 unspecified atom stereocenters. The third kappa shape index (κ3) is 12.6. The van der Waals surface area contributed by atoms with Crippen LogP contribution in [0.2, 0.25) is 0 Å². The Bertz CT molecular complexity index is 74.1. The second-order valence-electron chi connectivity index (χ2n) is 2.39. The Morgan fingerprint density at radius 1 is 1.27 bits per heavy atom. The van der Waals surface area contributed by atoms with E-state index in [0.29, 0.717) is 0 Å². The Hall–Kier alpha value is -0.610. The molecular formula is C7H17NO3. The molecule has 11 heavy (non-hydrogen) atoms. The van der Waals surface area contributed by atoms with Crippen LogP contribution < -0.4 is 0 Å². The first-order valence-corrected chi connectivity index (χ1v) is 3.47. The molecule has 0 aromatic heterocycles. The van der Waals surface area contributed by atoms with Gasteiger partial charge in [0, 0.05) is 27.3 Å². The Balaban J connectivity index is 0. The summed E-state index contributed by atoms with van der Waals surface area (Å²) in [6.45, 7) is 2.00. The topological polar surface area (TPSA) is 61.0 Å². The molecule has 1 heterocycles. The van der Waals surface area contributed by atoms with Crippen molar-refractivity contribution in [3.05, 3.63) is 0 Å². The molecule has 1 rings (SSSR count). The molecule has 68 valence electrons. The smallest absolute Gasteiger partial charge is 0.209 e. The van der Waals surface area contributed by atoms with Gasteiger partial charge >= 0.3 is 0 Å². The van der Waals surface area contributed by atoms with Crippen molar-refractivity contribution in [1.82, 2.24) is 4.90 Å². The van der Waals surface area contributed by atoms with Gasteiger partial charge in [-0.2, -0.15) is 0 Å². The molecule has 1 amide bonds. The largest absolute Gasteiger partial charge is 0.412 e. The SMILES string of the molecule is C1CCOC1.CN(C)C=O.O. The monoisotopic (exact) mass is 163 g/mol. The van der Waals surface area contributed by atoms with E-state index < -0.39 is 0 Å². The zero-order chi connectivity index (χ0) is 7.82. The van der Waals surface area contributed by atoms with Gasteiger partial charge in [0.15, 0.2) is 0 Å². The van der Waals surface area contributed by atoms with Crippen molar-refractivity contribution < 1.29 is 15.0 Å². The summed E-state index contributed by atoms with van der Waals surface area (Å²) in [5.41, 5.74) is 0. The van der Waals surface area contributed by atoms with Gasteiger partial charge in [0.25, 0.3) is 0 Å². The number of carbonyl (C=O) groups excluding carboxylic acids is 1. The summed E-state index contributed by atoms with van der Waals surface area (Å²) in [6.07, 6.45) is 3.31. The quantitative estimate of drug-likeness (QED) is 0.497. The summed E-state index contributed by atoms with van der Waals surface area (Å²) < 4.78 is 4.94. The fraction of sp³-hybridized carbons (Fsp3) is 0.857. The van der Waals surface area contributed by atoms with E-state index >= 15 is 0 Å². The Labute approximate surface area is 67.4 Å². The van der Waals surface area contributed by atoms with E-state index in [9.17, 15) is 4.79 Å². The predicted octanol–water partition coefficient (Wildman–Crippen LogP) is -0.323. The van der Waals surface area contributed by atoms with Crippen molar-refractivity contribution in [3.63, 3.8) is 0 Å². The Morgan fingerprint density at radius 2 is 1.64 bits per heavy atom. The van der Waals surface area contributed by atoms with Crippen LogP contribution in [-0.4, -0.2) is 44.1 Å². The lowest BCUT2D eigenvalue weighted by atomic mass is 10.4. The van der Waals surface area contributed by atoms with Gasteiger partial charge in [-0.15, -0.1) is 0 Å². The maximum absolute atomic E-state index is 9.43. The second kappa shape index (κ2) is 9.39. The molecule has 0 aromatic carbocycles. The van der Waals surface area contributed by atoms with Crippen LogP contribution in [0.5, 0.6) is 0 Å². The van der Waals surface area contributed by atoms with E-state index in [4.69, 9.17) is 4.74 Å². The molecule has 4 nitrogen and oxygen atoms in total. The summed E-state index contributed by atoms with van der Waals surface area (Å²) in [4.78, 5) is 10.9. The number of carbonyl (C=O) groups is 1. The lowest BCUT2D eigenvalue weighted by molar-refractivity contribution is -0.115. The first-order valence-electron chi connectivity index (χ1n) is 3.47. The molecule has 1 saturated heterocycles. The molecule has 0 saturated carbocycles. The minimum atomic E-state index is 0. The number of hydrogen-bond acceptors (Lipinski definition) is 2. The number of ether oxygens (including phenoxy) is 1. The molecule has 1 fully saturated rings. The lowest BCUT2D eigenvalue weighted by Crippen LogP contribution is -2.06. The summed E-state index contributed by atoms with van der Waals surface area (Å²) >= 11 is 0. The van der Waals surface area contributed by atoms with Crippen molar-refractivity contribution >= 4 is 6.41 Å². The van der Waals surface area contributed by atoms with Gasteiger partial charge in [-0.3, -0.25) is 4.79 Å². The summed E-state index contributed by atoms with van der Waals surface area (Å²) in [5, 5.41) is 0. The molecule has 0 aromatic rings. The molecule has 0 bridgehead atoms. The van der Waals surface area contributed by atoms with Crippen LogP contribution in [0.1, 0.15) is 12.8 Å². The third-order valence-corrected chi connectivity index (χ3v) is 1.04. The third-order valence-electron chi connectivity index (χ3n) is 1.04. The zero-order valence-corrected chi connectivity index (χ0v) is 7.17. The van der Waals surface area contributed by atoms with E-state index in [1.807, 2.05) is 0 Å². The molecule has 0 radical (unpaired) electrons. The van der Waals surface area contributed by atoms with Crippen molar-refractivity contribution in [2.24, 2.45) is 0 Å². The Kier molecular flexibility index (Phi) is 11.1. The van der Waals surface area contributed by atoms with Crippen LogP contribution in [-0.2, 0) is 9.53 Å². The summed E-state index contributed by atoms with van der Waals surface area (Å²) in [6, 6.07) is 0. The fourth-order valence-electron chi connectivity index (χ4n) is 0.510. The van der Waals surface area contributed by atoms with Gasteiger partial charge in [-0.05, 0) is 12.8 Å². The maximum Gasteiger partial charge on any atom is 0.209 e. The van der Waals surface area contributed by atoms with Gasteiger partial charge in [0.2, 0.25) is 6.41 Å². The van der Waals surface area contributed by atoms with Crippen LogP contribution in [0.25, 0.3) is 0 Å². The highest BCUT2D eigenvalue weighted by Crippen LogP contribution is 1.98. The second-order valence-corrected chi connectivity index (χ2v) is 2.39. The minimum Gasteiger partial charge on any atom is -0.412 e. The first-order chi connectivity index (χ1) is 4.77. The average molecular weight is 163 g/mol. The number of hydrogen-bond donors (Lipinski definition) is 0. The van der Waals surface area contributed by atoms with E-state index in [-0.39, 0.29) is 5.48 Å². The normalized spacial score (nSPS) is 14.0. The van der Waals surface area contributed by atoms with Gasteiger partial charge in [0.05, 0.1) is 0 Å². The lowest BCUT2D eigenvalue weighted by Gasteiger charge is -1.93. The molecule has 1 aliphatic heterocycles. The highest BCUT2D eigenvalue weighted by molar-refractivity contribution is 5.45. The molecule has 4 heteroatoms. The zero-order valence-electron chi connectivity index (χ0n) is 7.17. The average Bonchev–Trinajstić information content (AvgIpc) is 2.43.